The molecule has 0 bridgehead atoms. The molecule has 4 N–H and O–H groups in total. The number of aromatic nitrogens is 2. The van der Waals surface area contributed by atoms with Gasteiger partial charge in [-0.05, 0) is 103 Å². The van der Waals surface area contributed by atoms with Crippen molar-refractivity contribution in [1.29, 1.82) is 0 Å². The predicted octanol–water partition coefficient (Wildman–Crippen LogP) is 4.73. The summed E-state index contributed by atoms with van der Waals surface area (Å²) in [6, 6.07) is 11.4. The summed E-state index contributed by atoms with van der Waals surface area (Å²) in [6.07, 6.45) is 4.71. The molecule has 3 atom stereocenters. The number of anilines is 2. The molecule has 252 valence electrons. The monoisotopic (exact) mass is 673 g/mol. The average molecular weight is 674 g/mol. The van der Waals surface area contributed by atoms with Gasteiger partial charge in [-0.3, -0.25) is 14.4 Å². The second-order valence-electron chi connectivity index (χ2n) is 14.1. The van der Waals surface area contributed by atoms with E-state index in [-0.39, 0.29) is 47.8 Å². The highest BCUT2D eigenvalue weighted by atomic mass is 35.5. The number of carbonyl (C=O) groups is 4. The van der Waals surface area contributed by atoms with Crippen LogP contribution in [0.4, 0.5) is 16.2 Å². The molecule has 0 spiro atoms. The number of fused-ring (bicyclic) bond motifs is 1. The number of benzene rings is 2. The molecule has 5 amide bonds. The molecule has 12 nitrogen and oxygen atoms in total. The van der Waals surface area contributed by atoms with Gasteiger partial charge in [-0.2, -0.15) is 0 Å². The highest BCUT2D eigenvalue weighted by Crippen LogP contribution is 2.51. The summed E-state index contributed by atoms with van der Waals surface area (Å²) in [4.78, 5) is 56.5. The summed E-state index contributed by atoms with van der Waals surface area (Å²) < 4.78 is 4.74. The standard InChI is InChI=1S/C35H40ClN7O5/c1-18(2)27-17-43(34(47)39-27)35(33(46)38-25-6-4-5-24(36)14-25)15-22-11-12-26(13-23(22)16-35)37-32(45)30(28(20-7-8-20)21-9-10-21)40-31(44)29-19(3)41-48-42-29/h4-6,11-14,18,20-21,27-28,30H,7-10,15-17H2,1-3H3,(H,37,45)(H,38,46)(H,39,47)(H,40,44)/t27-,30-,35?/m0/s1. The van der Waals surface area contributed by atoms with E-state index in [2.05, 4.69) is 31.6 Å². The van der Waals surface area contributed by atoms with E-state index >= 15 is 0 Å². The molecule has 2 aromatic carbocycles. The molecule has 4 aliphatic rings. The van der Waals surface area contributed by atoms with E-state index in [0.717, 1.165) is 36.8 Å². The van der Waals surface area contributed by atoms with Gasteiger partial charge in [-0.1, -0.05) is 42.7 Å². The number of nitrogens with zero attached hydrogens (tertiary/aromatic N) is 3. The van der Waals surface area contributed by atoms with E-state index in [4.69, 9.17) is 16.2 Å². The van der Waals surface area contributed by atoms with Crippen LogP contribution in [0.2, 0.25) is 5.02 Å². The number of hydrogen-bond acceptors (Lipinski definition) is 7. The summed E-state index contributed by atoms with van der Waals surface area (Å²) in [5.41, 5.74) is 2.11. The molecule has 7 rings (SSSR count). The number of aryl methyl sites for hydroxylation is 1. The van der Waals surface area contributed by atoms with E-state index in [1.54, 1.807) is 36.1 Å². The van der Waals surface area contributed by atoms with Gasteiger partial charge in [-0.15, -0.1) is 0 Å². The lowest BCUT2D eigenvalue weighted by atomic mass is 9.88. The first-order valence-corrected chi connectivity index (χ1v) is 17.1. The Morgan fingerprint density at radius 3 is 2.31 bits per heavy atom. The summed E-state index contributed by atoms with van der Waals surface area (Å²) >= 11 is 6.21. The number of rotatable bonds is 11. The van der Waals surface area contributed by atoms with Gasteiger partial charge in [0.15, 0.2) is 5.69 Å². The van der Waals surface area contributed by atoms with Crippen LogP contribution in [-0.2, 0) is 22.4 Å². The largest absolute Gasteiger partial charge is 0.338 e. The van der Waals surface area contributed by atoms with Gasteiger partial charge < -0.3 is 26.2 Å². The Labute approximate surface area is 283 Å². The van der Waals surface area contributed by atoms with Crippen molar-refractivity contribution in [2.24, 2.45) is 23.7 Å². The number of hydrogen-bond donors (Lipinski definition) is 4. The molecular weight excluding hydrogens is 634 g/mol. The first-order chi connectivity index (χ1) is 23.0. The minimum absolute atomic E-state index is 0.0222. The summed E-state index contributed by atoms with van der Waals surface area (Å²) in [7, 11) is 0. The van der Waals surface area contributed by atoms with Crippen LogP contribution in [0.3, 0.4) is 0 Å². The Balaban J connectivity index is 1.15. The fourth-order valence-electron chi connectivity index (χ4n) is 7.42. The average Bonchev–Trinajstić information content (AvgIpc) is 3.94. The Kier molecular flexibility index (Phi) is 8.39. The molecule has 0 radical (unpaired) electrons. The van der Waals surface area contributed by atoms with Crippen LogP contribution in [0.25, 0.3) is 0 Å². The van der Waals surface area contributed by atoms with Crippen molar-refractivity contribution in [1.82, 2.24) is 25.8 Å². The maximum absolute atomic E-state index is 14.2. The predicted molar refractivity (Wildman–Crippen MR) is 178 cm³/mol. The minimum Gasteiger partial charge on any atom is -0.338 e. The molecule has 48 heavy (non-hydrogen) atoms. The minimum atomic E-state index is -1.19. The van der Waals surface area contributed by atoms with E-state index in [1.807, 2.05) is 32.0 Å². The zero-order chi connectivity index (χ0) is 33.7. The van der Waals surface area contributed by atoms with Crippen molar-refractivity contribution in [2.75, 3.05) is 17.2 Å². The number of carbonyl (C=O) groups excluding carboxylic acids is 4. The fraction of sp³-hybridized carbons (Fsp3) is 0.486. The molecule has 2 saturated carbocycles. The number of urea groups is 1. The lowest BCUT2D eigenvalue weighted by Crippen LogP contribution is -2.59. The van der Waals surface area contributed by atoms with Crippen molar-refractivity contribution in [3.05, 3.63) is 70.0 Å². The van der Waals surface area contributed by atoms with Gasteiger partial charge in [0.1, 0.15) is 17.3 Å². The normalized spacial score (nSPS) is 22.4. The first-order valence-electron chi connectivity index (χ1n) is 16.7. The van der Waals surface area contributed by atoms with Crippen LogP contribution in [0.5, 0.6) is 0 Å². The topological polar surface area (TPSA) is 159 Å². The molecular formula is C35H40ClN7O5. The van der Waals surface area contributed by atoms with Crippen molar-refractivity contribution in [3.63, 3.8) is 0 Å². The zero-order valence-electron chi connectivity index (χ0n) is 27.2. The van der Waals surface area contributed by atoms with E-state index in [9.17, 15) is 19.2 Å². The summed E-state index contributed by atoms with van der Waals surface area (Å²) in [6.45, 7) is 6.11. The number of amides is 5. The van der Waals surface area contributed by atoms with Crippen molar-refractivity contribution in [2.45, 2.75) is 76.9 Å². The van der Waals surface area contributed by atoms with Gasteiger partial charge >= 0.3 is 6.03 Å². The Morgan fingerprint density at radius 2 is 1.69 bits per heavy atom. The van der Waals surface area contributed by atoms with Gasteiger partial charge in [0.2, 0.25) is 5.91 Å². The van der Waals surface area contributed by atoms with Crippen molar-refractivity contribution >= 4 is 46.7 Å². The van der Waals surface area contributed by atoms with Crippen LogP contribution in [-0.4, -0.2) is 63.1 Å². The molecule has 1 aromatic heterocycles. The highest BCUT2D eigenvalue weighted by Gasteiger charge is 2.54. The van der Waals surface area contributed by atoms with Crippen molar-refractivity contribution < 1.29 is 23.8 Å². The lowest BCUT2D eigenvalue weighted by Gasteiger charge is -2.36. The summed E-state index contributed by atoms with van der Waals surface area (Å²) in [5, 5.41) is 20.0. The molecule has 3 fully saturated rings. The van der Waals surface area contributed by atoms with Gasteiger partial charge in [0.25, 0.3) is 11.8 Å². The second-order valence-corrected chi connectivity index (χ2v) is 14.6. The Morgan fingerprint density at radius 1 is 0.979 bits per heavy atom. The summed E-state index contributed by atoms with van der Waals surface area (Å²) in [5.74, 6) is -0.131. The molecule has 1 unspecified atom stereocenters. The second kappa shape index (κ2) is 12.5. The van der Waals surface area contributed by atoms with Crippen LogP contribution in [0.15, 0.2) is 47.1 Å². The van der Waals surface area contributed by atoms with E-state index in [1.165, 1.54) is 0 Å². The zero-order valence-corrected chi connectivity index (χ0v) is 28.0. The van der Waals surface area contributed by atoms with Crippen molar-refractivity contribution in [3.8, 4) is 0 Å². The third-order valence-corrected chi connectivity index (χ3v) is 10.6. The maximum atomic E-state index is 14.2. The molecule has 3 aromatic rings. The third-order valence-electron chi connectivity index (χ3n) is 10.4. The van der Waals surface area contributed by atoms with Crippen LogP contribution in [0.1, 0.15) is 66.8 Å². The number of nitrogens with one attached hydrogen (secondary N) is 4. The quantitative estimate of drug-likeness (QED) is 0.229. The van der Waals surface area contributed by atoms with Crippen LogP contribution in [0, 0.1) is 30.6 Å². The van der Waals surface area contributed by atoms with Crippen LogP contribution >= 0.6 is 11.6 Å². The highest BCUT2D eigenvalue weighted by molar-refractivity contribution is 6.31. The maximum Gasteiger partial charge on any atom is 0.318 e. The number of halogens is 1. The molecule has 2 heterocycles. The van der Waals surface area contributed by atoms with Gasteiger partial charge in [0, 0.05) is 35.8 Å². The van der Waals surface area contributed by atoms with Gasteiger partial charge in [-0.25, -0.2) is 9.42 Å². The SMILES string of the molecule is Cc1nonc1C(=O)N[C@H](C(=O)Nc1ccc2c(c1)CC(C(=O)Nc1cccc(Cl)c1)(N1C[C@@H](C(C)C)NC1=O)C2)C(C1CC1)C1CC1. The smallest absolute Gasteiger partial charge is 0.318 e. The molecule has 1 aliphatic heterocycles. The Bertz CT molecular complexity index is 1760. The van der Waals surface area contributed by atoms with E-state index < -0.39 is 17.5 Å². The third kappa shape index (κ3) is 6.25. The van der Waals surface area contributed by atoms with Gasteiger partial charge in [0.05, 0.1) is 6.04 Å². The molecule has 3 aliphatic carbocycles. The lowest BCUT2D eigenvalue weighted by molar-refractivity contribution is -0.125. The molecule has 13 heteroatoms. The Hall–Kier alpha value is -4.45. The first kappa shape index (κ1) is 32.1. The van der Waals surface area contributed by atoms with E-state index in [0.29, 0.717) is 46.9 Å². The fourth-order valence-corrected chi connectivity index (χ4v) is 7.61. The molecule has 1 saturated heterocycles. The van der Waals surface area contributed by atoms with Crippen LogP contribution < -0.4 is 21.3 Å².